The molecular formula is C22H22ClN5O. The van der Waals surface area contributed by atoms with Gasteiger partial charge in [0.25, 0.3) is 5.91 Å². The monoisotopic (exact) mass is 407 g/mol. The fourth-order valence-corrected chi connectivity index (χ4v) is 3.61. The summed E-state index contributed by atoms with van der Waals surface area (Å²) in [6, 6.07) is 17.6. The van der Waals surface area contributed by atoms with E-state index in [0.717, 1.165) is 37.3 Å². The highest BCUT2D eigenvalue weighted by molar-refractivity contribution is 6.34. The van der Waals surface area contributed by atoms with Crippen LogP contribution in [-0.4, -0.2) is 36.0 Å². The van der Waals surface area contributed by atoms with Gasteiger partial charge in [-0.1, -0.05) is 41.9 Å². The second-order valence-corrected chi connectivity index (χ2v) is 7.33. The third kappa shape index (κ3) is 4.17. The van der Waals surface area contributed by atoms with Crippen molar-refractivity contribution in [2.45, 2.75) is 12.8 Å². The Bertz CT molecular complexity index is 1010. The number of hydrogen-bond acceptors (Lipinski definition) is 5. The average Bonchev–Trinajstić information content (AvgIpc) is 3.29. The predicted molar refractivity (Wildman–Crippen MR) is 117 cm³/mol. The normalized spacial score (nSPS) is 13.4. The number of aromatic nitrogens is 2. The molecule has 0 saturated carbocycles. The highest BCUT2D eigenvalue weighted by Crippen LogP contribution is 2.31. The molecule has 4 rings (SSSR count). The number of nitrogens with zero attached hydrogens (tertiary/aromatic N) is 4. The van der Waals surface area contributed by atoms with Gasteiger partial charge in [-0.25, -0.2) is 9.97 Å². The Kier molecular flexibility index (Phi) is 5.62. The average molecular weight is 408 g/mol. The van der Waals surface area contributed by atoms with E-state index in [1.807, 2.05) is 66.5 Å². The third-order valence-corrected chi connectivity index (χ3v) is 5.27. The van der Waals surface area contributed by atoms with Crippen molar-refractivity contribution < 1.29 is 4.79 Å². The molecule has 3 aromatic rings. The van der Waals surface area contributed by atoms with Gasteiger partial charge >= 0.3 is 0 Å². The van der Waals surface area contributed by atoms with E-state index in [9.17, 15) is 4.79 Å². The summed E-state index contributed by atoms with van der Waals surface area (Å²) in [6.07, 6.45) is 3.71. The van der Waals surface area contributed by atoms with Crippen LogP contribution in [0.1, 0.15) is 23.3 Å². The second-order valence-electron chi connectivity index (χ2n) is 6.93. The van der Waals surface area contributed by atoms with Crippen LogP contribution in [0.4, 0.5) is 23.0 Å². The van der Waals surface area contributed by atoms with Crippen molar-refractivity contribution in [1.82, 2.24) is 9.97 Å². The zero-order chi connectivity index (χ0) is 20.2. The van der Waals surface area contributed by atoms with Crippen LogP contribution in [-0.2, 0) is 0 Å². The lowest BCUT2D eigenvalue weighted by Crippen LogP contribution is -2.23. The zero-order valence-electron chi connectivity index (χ0n) is 16.2. The minimum atomic E-state index is -0.355. The standard InChI is InChI=1S/C22H22ClN5O/c1-27(16-9-3-2-4-10-16)19-12-6-5-11-18(19)25-21(29)20-17(23)15-24-22(26-20)28-13-7-8-14-28/h2-6,9-12,15H,7-8,13-14H2,1H3,(H,25,29). The SMILES string of the molecule is CN(c1ccccc1)c1ccccc1NC(=O)c1nc(N2CCCC2)ncc1Cl. The first kappa shape index (κ1) is 19.2. The number of rotatable bonds is 5. The molecule has 2 heterocycles. The van der Waals surface area contributed by atoms with Crippen molar-refractivity contribution in [2.24, 2.45) is 0 Å². The fourth-order valence-electron chi connectivity index (χ4n) is 3.43. The Morgan fingerprint density at radius 2 is 1.76 bits per heavy atom. The highest BCUT2D eigenvalue weighted by Gasteiger charge is 2.21. The Labute approximate surface area is 175 Å². The van der Waals surface area contributed by atoms with Crippen LogP contribution in [0, 0.1) is 0 Å². The molecule has 148 valence electrons. The van der Waals surface area contributed by atoms with Gasteiger partial charge in [0.05, 0.1) is 22.6 Å². The minimum Gasteiger partial charge on any atom is -0.343 e. The molecular weight excluding hydrogens is 386 g/mol. The molecule has 6 nitrogen and oxygen atoms in total. The van der Waals surface area contributed by atoms with E-state index >= 15 is 0 Å². The van der Waals surface area contributed by atoms with E-state index in [2.05, 4.69) is 20.2 Å². The van der Waals surface area contributed by atoms with Gasteiger partial charge in [0.2, 0.25) is 5.95 Å². The number of para-hydroxylation sites is 3. The number of nitrogens with one attached hydrogen (secondary N) is 1. The summed E-state index contributed by atoms with van der Waals surface area (Å²) >= 11 is 6.25. The second kappa shape index (κ2) is 8.49. The topological polar surface area (TPSA) is 61.4 Å². The van der Waals surface area contributed by atoms with Crippen LogP contribution in [0.25, 0.3) is 0 Å². The van der Waals surface area contributed by atoms with Gasteiger partial charge in [-0.15, -0.1) is 0 Å². The molecule has 0 atom stereocenters. The van der Waals surface area contributed by atoms with Crippen molar-refractivity contribution >= 4 is 40.5 Å². The summed E-state index contributed by atoms with van der Waals surface area (Å²) in [7, 11) is 1.96. The van der Waals surface area contributed by atoms with Crippen LogP contribution in [0.3, 0.4) is 0 Å². The molecule has 1 amide bonds. The molecule has 29 heavy (non-hydrogen) atoms. The molecule has 1 saturated heterocycles. The maximum Gasteiger partial charge on any atom is 0.276 e. The molecule has 7 heteroatoms. The van der Waals surface area contributed by atoms with E-state index in [1.165, 1.54) is 6.20 Å². The molecule has 1 N–H and O–H groups in total. The van der Waals surface area contributed by atoms with Gasteiger partial charge in [-0.05, 0) is 37.1 Å². The van der Waals surface area contributed by atoms with Crippen LogP contribution >= 0.6 is 11.6 Å². The number of carbonyl (C=O) groups excluding carboxylic acids is 1. The van der Waals surface area contributed by atoms with Gasteiger partial charge in [-0.3, -0.25) is 4.79 Å². The maximum atomic E-state index is 13.0. The molecule has 0 bridgehead atoms. The summed E-state index contributed by atoms with van der Waals surface area (Å²) in [5, 5.41) is 3.20. The number of hydrogen-bond donors (Lipinski definition) is 1. The molecule has 0 spiro atoms. The third-order valence-electron chi connectivity index (χ3n) is 4.99. The molecule has 2 aromatic carbocycles. The van der Waals surface area contributed by atoms with Crippen molar-refractivity contribution in [2.75, 3.05) is 35.3 Å². The number of benzene rings is 2. The molecule has 0 unspecified atom stereocenters. The number of halogens is 1. The van der Waals surface area contributed by atoms with Crippen LogP contribution in [0.5, 0.6) is 0 Å². The van der Waals surface area contributed by atoms with Crippen LogP contribution < -0.4 is 15.1 Å². The fraction of sp³-hybridized carbons (Fsp3) is 0.227. The Morgan fingerprint density at radius 3 is 2.52 bits per heavy atom. The van der Waals surface area contributed by atoms with Crippen molar-refractivity contribution in [1.29, 1.82) is 0 Å². The molecule has 1 aliphatic rings. The van der Waals surface area contributed by atoms with Crippen LogP contribution in [0.2, 0.25) is 5.02 Å². The van der Waals surface area contributed by atoms with E-state index < -0.39 is 0 Å². The number of anilines is 4. The van der Waals surface area contributed by atoms with Crippen molar-refractivity contribution in [3.8, 4) is 0 Å². The van der Waals surface area contributed by atoms with E-state index in [4.69, 9.17) is 11.6 Å². The van der Waals surface area contributed by atoms with Crippen molar-refractivity contribution in [3.05, 3.63) is 71.5 Å². The van der Waals surface area contributed by atoms with E-state index in [0.29, 0.717) is 11.6 Å². The molecule has 0 radical (unpaired) electrons. The van der Waals surface area contributed by atoms with E-state index in [-0.39, 0.29) is 16.6 Å². The largest absolute Gasteiger partial charge is 0.343 e. The number of amides is 1. The molecule has 0 aliphatic carbocycles. The first-order valence-corrected chi connectivity index (χ1v) is 9.98. The van der Waals surface area contributed by atoms with Gasteiger partial charge < -0.3 is 15.1 Å². The summed E-state index contributed by atoms with van der Waals surface area (Å²) in [5.41, 5.74) is 2.75. The van der Waals surface area contributed by atoms with Gasteiger partial charge in [0.1, 0.15) is 0 Å². The first-order valence-electron chi connectivity index (χ1n) is 9.60. The molecule has 1 aliphatic heterocycles. The Morgan fingerprint density at radius 1 is 1.07 bits per heavy atom. The van der Waals surface area contributed by atoms with Crippen LogP contribution in [0.15, 0.2) is 60.8 Å². The summed E-state index contributed by atoms with van der Waals surface area (Å²) in [4.78, 5) is 25.8. The van der Waals surface area contributed by atoms with Gasteiger partial charge in [0.15, 0.2) is 5.69 Å². The quantitative estimate of drug-likeness (QED) is 0.661. The lowest BCUT2D eigenvalue weighted by molar-refractivity contribution is 0.102. The molecule has 1 fully saturated rings. The van der Waals surface area contributed by atoms with Gasteiger partial charge in [0, 0.05) is 25.8 Å². The smallest absolute Gasteiger partial charge is 0.276 e. The Hall–Kier alpha value is -3.12. The lowest BCUT2D eigenvalue weighted by atomic mass is 10.2. The number of carbonyl (C=O) groups is 1. The van der Waals surface area contributed by atoms with Crippen molar-refractivity contribution in [3.63, 3.8) is 0 Å². The van der Waals surface area contributed by atoms with Gasteiger partial charge in [-0.2, -0.15) is 0 Å². The zero-order valence-corrected chi connectivity index (χ0v) is 16.9. The van der Waals surface area contributed by atoms with E-state index in [1.54, 1.807) is 0 Å². The highest BCUT2D eigenvalue weighted by atomic mass is 35.5. The molecule has 1 aromatic heterocycles. The summed E-state index contributed by atoms with van der Waals surface area (Å²) < 4.78 is 0. The predicted octanol–water partition coefficient (Wildman–Crippen LogP) is 4.75. The first-order chi connectivity index (χ1) is 14.1. The lowest BCUT2D eigenvalue weighted by Gasteiger charge is -2.23. The maximum absolute atomic E-state index is 13.0. The minimum absolute atomic E-state index is 0.181. The summed E-state index contributed by atoms with van der Waals surface area (Å²) in [6.45, 7) is 1.79. The summed E-state index contributed by atoms with van der Waals surface area (Å²) in [5.74, 6) is 0.193. The Balaban J connectivity index is 1.60.